The molecule has 20 heavy (non-hydrogen) atoms. The van der Waals surface area contributed by atoms with E-state index in [-0.39, 0.29) is 0 Å². The second-order valence-corrected chi connectivity index (χ2v) is 7.16. The van der Waals surface area contributed by atoms with Crippen LogP contribution in [0.15, 0.2) is 0 Å². The zero-order valence-corrected chi connectivity index (χ0v) is 13.5. The van der Waals surface area contributed by atoms with E-state index in [9.17, 15) is 13.2 Å². The SMILES string of the molecule is CCCC(C)(NS(=O)(=O)N1CCCCCC1)C(=O)OC. The first-order valence-corrected chi connectivity index (χ1v) is 8.67. The lowest BCUT2D eigenvalue weighted by molar-refractivity contribution is -0.147. The molecule has 1 aliphatic rings. The number of carbonyl (C=O) groups excluding carboxylic acids is 1. The topological polar surface area (TPSA) is 75.7 Å². The van der Waals surface area contributed by atoms with Gasteiger partial charge in [-0.05, 0) is 26.2 Å². The molecule has 0 bridgehead atoms. The number of nitrogens with zero attached hydrogens (tertiary/aromatic N) is 1. The van der Waals surface area contributed by atoms with Gasteiger partial charge >= 0.3 is 5.97 Å². The van der Waals surface area contributed by atoms with Crippen LogP contribution in [0.1, 0.15) is 52.4 Å². The number of methoxy groups -OCH3 is 1. The predicted molar refractivity (Wildman–Crippen MR) is 77.4 cm³/mol. The van der Waals surface area contributed by atoms with Gasteiger partial charge in [-0.25, -0.2) is 0 Å². The van der Waals surface area contributed by atoms with E-state index in [2.05, 4.69) is 4.72 Å². The summed E-state index contributed by atoms with van der Waals surface area (Å²) in [5.41, 5.74) is -1.20. The fourth-order valence-electron chi connectivity index (χ4n) is 2.55. The molecule has 1 rings (SSSR count). The number of hydrogen-bond donors (Lipinski definition) is 1. The Bertz CT molecular complexity index is 416. The molecule has 1 N–H and O–H groups in total. The Hall–Kier alpha value is -0.660. The van der Waals surface area contributed by atoms with E-state index in [0.717, 1.165) is 25.7 Å². The van der Waals surface area contributed by atoms with Gasteiger partial charge in [-0.2, -0.15) is 17.4 Å². The monoisotopic (exact) mass is 306 g/mol. The second kappa shape index (κ2) is 7.38. The first-order valence-electron chi connectivity index (χ1n) is 7.23. The molecule has 0 amide bonds. The lowest BCUT2D eigenvalue weighted by Gasteiger charge is -2.30. The van der Waals surface area contributed by atoms with Crippen molar-refractivity contribution in [2.75, 3.05) is 20.2 Å². The van der Waals surface area contributed by atoms with Gasteiger partial charge in [-0.1, -0.05) is 26.2 Å². The average Bonchev–Trinajstić information content (AvgIpc) is 2.66. The summed E-state index contributed by atoms with van der Waals surface area (Å²) in [4.78, 5) is 11.9. The summed E-state index contributed by atoms with van der Waals surface area (Å²) in [6, 6.07) is 0. The van der Waals surface area contributed by atoms with E-state index in [0.29, 0.717) is 25.9 Å². The molecule has 0 aromatic carbocycles. The van der Waals surface area contributed by atoms with Crippen LogP contribution in [0.3, 0.4) is 0 Å². The van der Waals surface area contributed by atoms with Gasteiger partial charge in [-0.3, -0.25) is 4.79 Å². The van der Waals surface area contributed by atoms with Gasteiger partial charge in [-0.15, -0.1) is 0 Å². The second-order valence-electron chi connectivity index (χ2n) is 5.49. The van der Waals surface area contributed by atoms with Gasteiger partial charge in [0.2, 0.25) is 0 Å². The van der Waals surface area contributed by atoms with Gasteiger partial charge in [0.05, 0.1) is 7.11 Å². The van der Waals surface area contributed by atoms with Crippen LogP contribution in [0.4, 0.5) is 0 Å². The molecule has 1 aliphatic heterocycles. The van der Waals surface area contributed by atoms with Gasteiger partial charge in [0.25, 0.3) is 10.2 Å². The highest BCUT2D eigenvalue weighted by molar-refractivity contribution is 7.87. The van der Waals surface area contributed by atoms with Crippen LogP contribution >= 0.6 is 0 Å². The molecule has 7 heteroatoms. The molecule has 0 aromatic rings. The number of ether oxygens (including phenoxy) is 1. The van der Waals surface area contributed by atoms with Crippen molar-refractivity contribution < 1.29 is 17.9 Å². The fraction of sp³-hybridized carbons (Fsp3) is 0.923. The van der Waals surface area contributed by atoms with E-state index < -0.39 is 21.7 Å². The fourth-order valence-corrected chi connectivity index (χ4v) is 4.17. The summed E-state index contributed by atoms with van der Waals surface area (Å²) in [7, 11) is -2.38. The van der Waals surface area contributed by atoms with Gasteiger partial charge < -0.3 is 4.74 Å². The molecular weight excluding hydrogens is 280 g/mol. The van der Waals surface area contributed by atoms with Crippen molar-refractivity contribution in [1.29, 1.82) is 0 Å². The third-order valence-electron chi connectivity index (χ3n) is 3.65. The minimum Gasteiger partial charge on any atom is -0.468 e. The standard InChI is InChI=1S/C13H26N2O4S/c1-4-9-13(2,12(16)19-3)14-20(17,18)15-10-7-5-6-8-11-15/h14H,4-11H2,1-3H3. The van der Waals surface area contributed by atoms with Crippen LogP contribution in [0.5, 0.6) is 0 Å². The van der Waals surface area contributed by atoms with E-state index in [4.69, 9.17) is 4.74 Å². The molecule has 0 radical (unpaired) electrons. The summed E-state index contributed by atoms with van der Waals surface area (Å²) in [5.74, 6) is -0.544. The maximum Gasteiger partial charge on any atom is 0.326 e. The molecule has 1 unspecified atom stereocenters. The highest BCUT2D eigenvalue weighted by Gasteiger charge is 2.39. The van der Waals surface area contributed by atoms with E-state index in [1.54, 1.807) is 6.92 Å². The highest BCUT2D eigenvalue weighted by Crippen LogP contribution is 2.19. The normalized spacial score (nSPS) is 20.9. The lowest BCUT2D eigenvalue weighted by atomic mass is 9.98. The number of carbonyl (C=O) groups is 1. The van der Waals surface area contributed by atoms with E-state index >= 15 is 0 Å². The van der Waals surface area contributed by atoms with Crippen molar-refractivity contribution >= 4 is 16.2 Å². The highest BCUT2D eigenvalue weighted by atomic mass is 32.2. The maximum atomic E-state index is 12.5. The molecule has 1 heterocycles. The Balaban J connectivity index is 2.87. The quantitative estimate of drug-likeness (QED) is 0.753. The molecule has 1 atom stereocenters. The molecule has 1 fully saturated rings. The Kier molecular flexibility index (Phi) is 6.42. The zero-order chi connectivity index (χ0) is 15.2. The van der Waals surface area contributed by atoms with Crippen LogP contribution < -0.4 is 4.72 Å². The van der Waals surface area contributed by atoms with Gasteiger partial charge in [0.15, 0.2) is 0 Å². The van der Waals surface area contributed by atoms with Gasteiger partial charge in [0.1, 0.15) is 5.54 Å². The number of nitrogens with one attached hydrogen (secondary N) is 1. The third kappa shape index (κ3) is 4.43. The Morgan fingerprint density at radius 1 is 1.25 bits per heavy atom. The van der Waals surface area contributed by atoms with Crippen LogP contribution in [-0.2, 0) is 19.7 Å². The van der Waals surface area contributed by atoms with Crippen molar-refractivity contribution in [1.82, 2.24) is 9.03 Å². The van der Waals surface area contributed by atoms with Crippen molar-refractivity contribution in [2.24, 2.45) is 0 Å². The predicted octanol–water partition coefficient (Wildman–Crippen LogP) is 1.43. The number of hydrogen-bond acceptors (Lipinski definition) is 4. The minimum atomic E-state index is -3.66. The first kappa shape index (κ1) is 17.4. The Morgan fingerprint density at radius 3 is 2.25 bits per heavy atom. The number of esters is 1. The summed E-state index contributed by atoms with van der Waals surface area (Å²) in [5, 5.41) is 0. The summed E-state index contributed by atoms with van der Waals surface area (Å²) in [6.07, 6.45) is 4.93. The smallest absolute Gasteiger partial charge is 0.326 e. The lowest BCUT2D eigenvalue weighted by Crippen LogP contribution is -2.56. The van der Waals surface area contributed by atoms with Crippen molar-refractivity contribution in [3.8, 4) is 0 Å². The summed E-state index contributed by atoms with van der Waals surface area (Å²) < 4.78 is 33.6. The van der Waals surface area contributed by atoms with Crippen LogP contribution in [0, 0.1) is 0 Å². The molecule has 0 aliphatic carbocycles. The average molecular weight is 306 g/mol. The van der Waals surface area contributed by atoms with Crippen molar-refractivity contribution in [2.45, 2.75) is 57.9 Å². The van der Waals surface area contributed by atoms with Crippen LogP contribution in [-0.4, -0.2) is 44.4 Å². The first-order chi connectivity index (χ1) is 9.35. The van der Waals surface area contributed by atoms with Gasteiger partial charge in [0, 0.05) is 13.1 Å². The maximum absolute atomic E-state index is 12.5. The molecular formula is C13H26N2O4S. The minimum absolute atomic E-state index is 0.409. The molecule has 0 spiro atoms. The number of rotatable bonds is 6. The molecule has 118 valence electrons. The van der Waals surface area contributed by atoms with Crippen LogP contribution in [0.2, 0.25) is 0 Å². The van der Waals surface area contributed by atoms with Crippen molar-refractivity contribution in [3.63, 3.8) is 0 Å². The zero-order valence-electron chi connectivity index (χ0n) is 12.6. The molecule has 0 aromatic heterocycles. The molecule has 1 saturated heterocycles. The summed E-state index contributed by atoms with van der Waals surface area (Å²) >= 11 is 0. The van der Waals surface area contributed by atoms with E-state index in [1.807, 2.05) is 6.92 Å². The summed E-state index contributed by atoms with van der Waals surface area (Å²) in [6.45, 7) is 4.51. The molecule has 0 saturated carbocycles. The molecule has 6 nitrogen and oxygen atoms in total. The van der Waals surface area contributed by atoms with Crippen molar-refractivity contribution in [3.05, 3.63) is 0 Å². The van der Waals surface area contributed by atoms with Crippen LogP contribution in [0.25, 0.3) is 0 Å². The Morgan fingerprint density at radius 2 is 1.80 bits per heavy atom. The Labute approximate surface area is 122 Å². The van der Waals surface area contributed by atoms with E-state index in [1.165, 1.54) is 11.4 Å². The largest absolute Gasteiger partial charge is 0.468 e. The third-order valence-corrected chi connectivity index (χ3v) is 5.40.